The van der Waals surface area contributed by atoms with Gasteiger partial charge in [-0.25, -0.2) is 0 Å². The SMILES string of the molecule is COc1ccccc1C(=O)N(C)[C@H]1CCCC[C@H]1O. The molecule has 104 valence electrons. The van der Waals surface area contributed by atoms with E-state index in [1.807, 2.05) is 12.1 Å². The average Bonchev–Trinajstić information content (AvgIpc) is 2.46. The lowest BCUT2D eigenvalue weighted by atomic mass is 9.91. The Balaban J connectivity index is 2.18. The highest BCUT2D eigenvalue weighted by Gasteiger charge is 2.30. The number of amides is 1. The standard InChI is InChI=1S/C15H21NO3/c1-16(12-8-4-5-9-13(12)17)15(18)11-7-3-6-10-14(11)19-2/h3,6-7,10,12-13,17H,4-5,8-9H2,1-2H3/t12-,13+/m0/s1. The maximum absolute atomic E-state index is 12.5. The molecule has 1 aromatic rings. The summed E-state index contributed by atoms with van der Waals surface area (Å²) in [6.07, 6.45) is 3.31. The Morgan fingerprint density at radius 3 is 2.68 bits per heavy atom. The third kappa shape index (κ3) is 2.89. The van der Waals surface area contributed by atoms with Crippen LogP contribution in [0.3, 0.4) is 0 Å². The Morgan fingerprint density at radius 1 is 1.32 bits per heavy atom. The monoisotopic (exact) mass is 263 g/mol. The van der Waals surface area contributed by atoms with E-state index in [-0.39, 0.29) is 11.9 Å². The minimum atomic E-state index is -0.419. The van der Waals surface area contributed by atoms with Gasteiger partial charge in [0.25, 0.3) is 5.91 Å². The van der Waals surface area contributed by atoms with Crippen LogP contribution in [-0.4, -0.2) is 42.2 Å². The first-order chi connectivity index (χ1) is 9.15. The second-order valence-corrected chi connectivity index (χ2v) is 5.04. The molecule has 1 saturated carbocycles. The van der Waals surface area contributed by atoms with Gasteiger partial charge in [0, 0.05) is 7.05 Å². The summed E-state index contributed by atoms with van der Waals surface area (Å²) < 4.78 is 5.22. The van der Waals surface area contributed by atoms with Crippen molar-refractivity contribution in [2.45, 2.75) is 37.8 Å². The maximum atomic E-state index is 12.5. The molecule has 1 fully saturated rings. The number of nitrogens with zero attached hydrogens (tertiary/aromatic N) is 1. The summed E-state index contributed by atoms with van der Waals surface area (Å²) in [5.74, 6) is 0.480. The predicted molar refractivity (Wildman–Crippen MR) is 73.4 cm³/mol. The summed E-state index contributed by atoms with van der Waals surface area (Å²) in [7, 11) is 3.32. The first-order valence-corrected chi connectivity index (χ1v) is 6.73. The Hall–Kier alpha value is -1.55. The van der Waals surface area contributed by atoms with Gasteiger partial charge in [0.15, 0.2) is 0 Å². The number of benzene rings is 1. The van der Waals surface area contributed by atoms with Crippen LogP contribution in [-0.2, 0) is 0 Å². The van der Waals surface area contributed by atoms with Crippen molar-refractivity contribution in [3.05, 3.63) is 29.8 Å². The number of hydrogen-bond donors (Lipinski definition) is 1. The van der Waals surface area contributed by atoms with Crippen LogP contribution in [0.4, 0.5) is 0 Å². The molecule has 1 aliphatic carbocycles. The van der Waals surface area contributed by atoms with Crippen molar-refractivity contribution >= 4 is 5.91 Å². The smallest absolute Gasteiger partial charge is 0.257 e. The van der Waals surface area contributed by atoms with E-state index in [4.69, 9.17) is 4.74 Å². The van der Waals surface area contributed by atoms with E-state index in [2.05, 4.69) is 0 Å². The molecule has 0 bridgehead atoms. The summed E-state index contributed by atoms with van der Waals surface area (Å²) in [5.41, 5.74) is 0.547. The number of aliphatic hydroxyl groups is 1. The molecule has 2 rings (SSSR count). The van der Waals surface area contributed by atoms with Gasteiger partial charge in [-0.3, -0.25) is 4.79 Å². The molecule has 0 saturated heterocycles. The fourth-order valence-corrected chi connectivity index (χ4v) is 2.71. The molecule has 1 amide bonds. The molecular weight excluding hydrogens is 242 g/mol. The van der Waals surface area contributed by atoms with Crippen molar-refractivity contribution in [3.63, 3.8) is 0 Å². The number of likely N-dealkylation sites (N-methyl/N-ethyl adjacent to an activating group) is 1. The molecule has 1 aliphatic rings. The zero-order valence-corrected chi connectivity index (χ0v) is 11.5. The van der Waals surface area contributed by atoms with Crippen LogP contribution < -0.4 is 4.74 Å². The summed E-state index contributed by atoms with van der Waals surface area (Å²) in [4.78, 5) is 14.2. The zero-order chi connectivity index (χ0) is 13.8. The number of methoxy groups -OCH3 is 1. The maximum Gasteiger partial charge on any atom is 0.257 e. The van der Waals surface area contributed by atoms with E-state index in [0.717, 1.165) is 25.7 Å². The van der Waals surface area contributed by atoms with Crippen molar-refractivity contribution in [2.24, 2.45) is 0 Å². The predicted octanol–water partition coefficient (Wildman–Crippen LogP) is 2.07. The van der Waals surface area contributed by atoms with Crippen LogP contribution in [0, 0.1) is 0 Å². The number of rotatable bonds is 3. The highest BCUT2D eigenvalue weighted by molar-refractivity contribution is 5.97. The Bertz CT molecular complexity index is 447. The highest BCUT2D eigenvalue weighted by atomic mass is 16.5. The van der Waals surface area contributed by atoms with E-state index >= 15 is 0 Å². The quantitative estimate of drug-likeness (QED) is 0.908. The van der Waals surface area contributed by atoms with Crippen LogP contribution in [0.2, 0.25) is 0 Å². The van der Waals surface area contributed by atoms with Gasteiger partial charge in [0.05, 0.1) is 24.8 Å². The van der Waals surface area contributed by atoms with Gasteiger partial charge in [-0.1, -0.05) is 25.0 Å². The molecule has 1 N–H and O–H groups in total. The van der Waals surface area contributed by atoms with E-state index < -0.39 is 6.10 Å². The number of carbonyl (C=O) groups is 1. The fraction of sp³-hybridized carbons (Fsp3) is 0.533. The molecule has 0 aliphatic heterocycles. The number of aliphatic hydroxyl groups excluding tert-OH is 1. The van der Waals surface area contributed by atoms with Crippen LogP contribution >= 0.6 is 0 Å². The zero-order valence-electron chi connectivity index (χ0n) is 11.5. The van der Waals surface area contributed by atoms with Gasteiger partial charge >= 0.3 is 0 Å². The Morgan fingerprint density at radius 2 is 2.00 bits per heavy atom. The van der Waals surface area contributed by atoms with E-state index in [0.29, 0.717) is 11.3 Å². The molecular formula is C15H21NO3. The lowest BCUT2D eigenvalue weighted by molar-refractivity contribution is 0.0266. The third-order valence-electron chi connectivity index (χ3n) is 3.85. The highest BCUT2D eigenvalue weighted by Crippen LogP contribution is 2.25. The van der Waals surface area contributed by atoms with Crippen molar-refractivity contribution in [2.75, 3.05) is 14.2 Å². The normalized spacial score (nSPS) is 22.9. The van der Waals surface area contributed by atoms with Crippen LogP contribution in [0.5, 0.6) is 5.75 Å². The largest absolute Gasteiger partial charge is 0.496 e. The first kappa shape index (κ1) is 13.9. The van der Waals surface area contributed by atoms with E-state index in [9.17, 15) is 9.90 Å². The van der Waals surface area contributed by atoms with Crippen molar-refractivity contribution < 1.29 is 14.6 Å². The molecule has 1 aromatic carbocycles. The van der Waals surface area contributed by atoms with Crippen LogP contribution in [0.1, 0.15) is 36.0 Å². The summed E-state index contributed by atoms with van der Waals surface area (Å²) >= 11 is 0. The first-order valence-electron chi connectivity index (χ1n) is 6.73. The number of hydrogen-bond acceptors (Lipinski definition) is 3. The van der Waals surface area contributed by atoms with Gasteiger partial charge in [-0.05, 0) is 25.0 Å². The average molecular weight is 263 g/mol. The second kappa shape index (κ2) is 6.06. The summed E-state index contributed by atoms with van der Waals surface area (Å²) in [6, 6.07) is 7.10. The van der Waals surface area contributed by atoms with Gasteiger partial charge in [0.2, 0.25) is 0 Å². The second-order valence-electron chi connectivity index (χ2n) is 5.04. The van der Waals surface area contributed by atoms with Crippen molar-refractivity contribution in [3.8, 4) is 5.75 Å². The van der Waals surface area contributed by atoms with Crippen molar-refractivity contribution in [1.29, 1.82) is 0 Å². The van der Waals surface area contributed by atoms with E-state index in [1.54, 1.807) is 31.2 Å². The molecule has 0 heterocycles. The van der Waals surface area contributed by atoms with E-state index in [1.165, 1.54) is 0 Å². The molecule has 4 nitrogen and oxygen atoms in total. The van der Waals surface area contributed by atoms with Gasteiger partial charge < -0.3 is 14.7 Å². The van der Waals surface area contributed by atoms with Crippen molar-refractivity contribution in [1.82, 2.24) is 4.90 Å². The summed E-state index contributed by atoms with van der Waals surface area (Å²) in [6.45, 7) is 0. The molecule has 0 spiro atoms. The third-order valence-corrected chi connectivity index (χ3v) is 3.85. The Labute approximate surface area is 114 Å². The van der Waals surface area contributed by atoms with Gasteiger partial charge in [-0.2, -0.15) is 0 Å². The van der Waals surface area contributed by atoms with Crippen LogP contribution in [0.15, 0.2) is 24.3 Å². The molecule has 4 heteroatoms. The molecule has 2 atom stereocenters. The molecule has 0 radical (unpaired) electrons. The summed E-state index contributed by atoms with van der Waals surface area (Å²) in [5, 5.41) is 10.0. The molecule has 0 unspecified atom stereocenters. The Kier molecular flexibility index (Phi) is 4.43. The topological polar surface area (TPSA) is 49.8 Å². The van der Waals surface area contributed by atoms with Gasteiger partial charge in [-0.15, -0.1) is 0 Å². The minimum absolute atomic E-state index is 0.0915. The number of para-hydroxylation sites is 1. The lowest BCUT2D eigenvalue weighted by Crippen LogP contribution is -2.46. The van der Waals surface area contributed by atoms with Gasteiger partial charge in [0.1, 0.15) is 5.75 Å². The minimum Gasteiger partial charge on any atom is -0.496 e. The number of ether oxygens (including phenoxy) is 1. The fourth-order valence-electron chi connectivity index (χ4n) is 2.71. The molecule has 0 aromatic heterocycles. The number of carbonyl (C=O) groups excluding carboxylic acids is 1. The lowest BCUT2D eigenvalue weighted by Gasteiger charge is -2.35. The molecule has 19 heavy (non-hydrogen) atoms. The van der Waals surface area contributed by atoms with Crippen LogP contribution in [0.25, 0.3) is 0 Å².